The van der Waals surface area contributed by atoms with Crippen LogP contribution in [0, 0.1) is 13.8 Å². The third-order valence-corrected chi connectivity index (χ3v) is 12.9. The van der Waals surface area contributed by atoms with E-state index < -0.39 is 5.41 Å². The zero-order valence-corrected chi connectivity index (χ0v) is 35.3. The first-order valence-electron chi connectivity index (χ1n) is 21.7. The van der Waals surface area contributed by atoms with E-state index in [1.165, 1.54) is 27.8 Å². The molecule has 0 bridgehead atoms. The van der Waals surface area contributed by atoms with Gasteiger partial charge >= 0.3 is 0 Å². The van der Waals surface area contributed by atoms with Crippen LogP contribution in [-0.2, 0) is 5.41 Å². The number of pyridine rings is 1. The Hall–Kier alpha value is -8.28. The van der Waals surface area contributed by atoms with E-state index in [2.05, 4.69) is 194 Å². The minimum absolute atomic E-state index is 0.616. The van der Waals surface area contributed by atoms with Crippen LogP contribution in [0.15, 0.2) is 207 Å². The number of benzene rings is 8. The van der Waals surface area contributed by atoms with E-state index in [1.807, 2.05) is 31.5 Å². The second-order valence-corrected chi connectivity index (χ2v) is 16.7. The minimum atomic E-state index is -0.665. The first-order valence-corrected chi connectivity index (χ1v) is 21.7. The molecule has 0 saturated heterocycles. The quantitative estimate of drug-likeness (QED) is 0.167. The fraction of sp³-hybridized carbons (Fsp3) is 0.0508. The molecule has 2 aromatic heterocycles. The SMILES string of the molecule is Cc1nc(-c2ccc3c(c2)C2(c4ccc(-c5cccc(-c6cccc(-c7cnccc7C)c6)c5)cc4O3)c3ccccc3-c3ccccc32)nc(-c2ccccc2-c2ccccc2)n1. The predicted octanol–water partition coefficient (Wildman–Crippen LogP) is 14.4. The molecule has 5 heteroatoms. The normalized spacial score (nSPS) is 12.8. The van der Waals surface area contributed by atoms with Gasteiger partial charge in [-0.1, -0.05) is 152 Å². The third-order valence-electron chi connectivity index (χ3n) is 12.9. The molecule has 10 aromatic rings. The standard InChI is InChI=1S/C59H40N4O/c1-37-30-31-60-36-50(37)44-19-13-18-42(33-44)40-16-12-17-41(32-40)43-26-28-53-56(35-43)64-55-29-27-45(34-54(55)59(53)51-24-10-8-21-47(51)48-22-9-11-25-52(48)59)57-61-38(2)62-58(63-57)49-23-7-6-20-46(49)39-14-4-3-5-15-39/h3-36H,1-2H3. The van der Waals surface area contributed by atoms with Crippen molar-refractivity contribution in [2.24, 2.45) is 0 Å². The monoisotopic (exact) mass is 820 g/mol. The van der Waals surface area contributed by atoms with E-state index in [0.717, 1.165) is 78.3 Å². The summed E-state index contributed by atoms with van der Waals surface area (Å²) in [6, 6.07) is 69.1. The Bertz CT molecular complexity index is 3420. The Balaban J connectivity index is 0.997. The number of hydrogen-bond acceptors (Lipinski definition) is 5. The Labute approximate surface area is 372 Å². The number of ether oxygens (including phenoxy) is 1. The van der Waals surface area contributed by atoms with Crippen LogP contribution in [-0.4, -0.2) is 19.9 Å². The topological polar surface area (TPSA) is 60.8 Å². The Morgan fingerprint density at radius 3 is 1.66 bits per heavy atom. The molecule has 0 radical (unpaired) electrons. The number of aromatic nitrogens is 4. The zero-order valence-electron chi connectivity index (χ0n) is 35.3. The van der Waals surface area contributed by atoms with Crippen molar-refractivity contribution in [3.63, 3.8) is 0 Å². The van der Waals surface area contributed by atoms with Crippen molar-refractivity contribution in [2.45, 2.75) is 19.3 Å². The molecule has 64 heavy (non-hydrogen) atoms. The minimum Gasteiger partial charge on any atom is -0.457 e. The Kier molecular flexibility index (Phi) is 8.76. The largest absolute Gasteiger partial charge is 0.457 e. The van der Waals surface area contributed by atoms with Gasteiger partial charge < -0.3 is 4.74 Å². The summed E-state index contributed by atoms with van der Waals surface area (Å²) in [5, 5.41) is 0. The molecule has 0 unspecified atom stereocenters. The summed E-state index contributed by atoms with van der Waals surface area (Å²) in [5.41, 5.74) is 18.4. The van der Waals surface area contributed by atoms with Gasteiger partial charge in [0.05, 0.1) is 5.41 Å². The summed E-state index contributed by atoms with van der Waals surface area (Å²) in [5.74, 6) is 3.54. The van der Waals surface area contributed by atoms with E-state index in [0.29, 0.717) is 17.5 Å². The second kappa shape index (κ2) is 15.0. The van der Waals surface area contributed by atoms with E-state index in [1.54, 1.807) is 0 Å². The third kappa shape index (κ3) is 6.00. The molecule has 302 valence electrons. The van der Waals surface area contributed by atoms with Crippen molar-refractivity contribution >= 4 is 0 Å². The smallest absolute Gasteiger partial charge is 0.164 e. The molecule has 1 aliphatic heterocycles. The molecule has 8 aromatic carbocycles. The van der Waals surface area contributed by atoms with Crippen molar-refractivity contribution in [1.82, 2.24) is 19.9 Å². The van der Waals surface area contributed by atoms with Crippen molar-refractivity contribution in [3.05, 3.63) is 240 Å². The van der Waals surface area contributed by atoms with Crippen molar-refractivity contribution in [2.75, 3.05) is 0 Å². The molecule has 0 saturated carbocycles. The molecule has 0 N–H and O–H groups in total. The summed E-state index contributed by atoms with van der Waals surface area (Å²) < 4.78 is 7.06. The maximum absolute atomic E-state index is 7.06. The average Bonchev–Trinajstić information content (AvgIpc) is 3.64. The van der Waals surface area contributed by atoms with Crippen LogP contribution in [0.25, 0.3) is 78.4 Å². The predicted molar refractivity (Wildman–Crippen MR) is 257 cm³/mol. The van der Waals surface area contributed by atoms with Crippen LogP contribution >= 0.6 is 0 Å². The molecule has 0 amide bonds. The van der Waals surface area contributed by atoms with Gasteiger partial charge in [-0.05, 0) is 123 Å². The number of aryl methyl sites for hydroxylation is 2. The molecule has 0 fully saturated rings. The molecule has 1 spiro atoms. The summed E-state index contributed by atoms with van der Waals surface area (Å²) in [7, 11) is 0. The lowest BCUT2D eigenvalue weighted by Gasteiger charge is -2.39. The van der Waals surface area contributed by atoms with Gasteiger partial charge in [0.15, 0.2) is 11.6 Å². The zero-order chi connectivity index (χ0) is 42.8. The molecule has 3 heterocycles. The molecule has 0 atom stereocenters. The van der Waals surface area contributed by atoms with E-state index in [4.69, 9.17) is 19.7 Å². The van der Waals surface area contributed by atoms with Gasteiger partial charge in [-0.15, -0.1) is 0 Å². The van der Waals surface area contributed by atoms with Crippen LogP contribution in [0.1, 0.15) is 33.6 Å². The highest BCUT2D eigenvalue weighted by atomic mass is 16.5. The van der Waals surface area contributed by atoms with Crippen LogP contribution < -0.4 is 4.74 Å². The van der Waals surface area contributed by atoms with E-state index in [9.17, 15) is 0 Å². The maximum Gasteiger partial charge on any atom is 0.164 e. The molecular weight excluding hydrogens is 781 g/mol. The highest BCUT2D eigenvalue weighted by Gasteiger charge is 2.51. The second-order valence-electron chi connectivity index (χ2n) is 16.7. The van der Waals surface area contributed by atoms with E-state index in [-0.39, 0.29) is 0 Å². The van der Waals surface area contributed by atoms with Crippen molar-refractivity contribution in [3.8, 4) is 89.9 Å². The number of hydrogen-bond donors (Lipinski definition) is 0. The summed E-state index contributed by atoms with van der Waals surface area (Å²) in [4.78, 5) is 19.4. The van der Waals surface area contributed by atoms with Gasteiger partial charge in [-0.2, -0.15) is 0 Å². The Morgan fingerprint density at radius 2 is 0.938 bits per heavy atom. The van der Waals surface area contributed by atoms with Crippen LogP contribution in [0.5, 0.6) is 11.5 Å². The highest BCUT2D eigenvalue weighted by molar-refractivity contribution is 5.90. The molecule has 2 aliphatic rings. The maximum atomic E-state index is 7.06. The van der Waals surface area contributed by atoms with Crippen LogP contribution in [0.3, 0.4) is 0 Å². The highest BCUT2D eigenvalue weighted by Crippen LogP contribution is 2.62. The molecule has 12 rings (SSSR count). The molecule has 5 nitrogen and oxygen atoms in total. The van der Waals surface area contributed by atoms with Crippen LogP contribution in [0.4, 0.5) is 0 Å². The number of fused-ring (bicyclic) bond motifs is 9. The van der Waals surface area contributed by atoms with Gasteiger partial charge in [0.2, 0.25) is 0 Å². The van der Waals surface area contributed by atoms with Gasteiger partial charge in [0, 0.05) is 40.2 Å². The summed E-state index contributed by atoms with van der Waals surface area (Å²) >= 11 is 0. The van der Waals surface area contributed by atoms with E-state index >= 15 is 0 Å². The summed E-state index contributed by atoms with van der Waals surface area (Å²) in [6.07, 6.45) is 3.79. The lowest BCUT2D eigenvalue weighted by Crippen LogP contribution is -2.32. The Morgan fingerprint density at radius 1 is 0.359 bits per heavy atom. The number of nitrogens with zero attached hydrogens (tertiary/aromatic N) is 4. The lowest BCUT2D eigenvalue weighted by molar-refractivity contribution is 0.436. The molecular formula is C59H40N4O. The fourth-order valence-corrected chi connectivity index (χ4v) is 10.0. The van der Waals surface area contributed by atoms with Gasteiger partial charge in [0.25, 0.3) is 0 Å². The van der Waals surface area contributed by atoms with Crippen LogP contribution in [0.2, 0.25) is 0 Å². The summed E-state index contributed by atoms with van der Waals surface area (Å²) in [6.45, 7) is 4.07. The van der Waals surface area contributed by atoms with Gasteiger partial charge in [-0.25, -0.2) is 15.0 Å². The lowest BCUT2D eigenvalue weighted by atomic mass is 9.65. The average molecular weight is 821 g/mol. The van der Waals surface area contributed by atoms with Crippen molar-refractivity contribution in [1.29, 1.82) is 0 Å². The first kappa shape index (κ1) is 37.5. The van der Waals surface area contributed by atoms with Gasteiger partial charge in [0.1, 0.15) is 17.3 Å². The molecule has 1 aliphatic carbocycles. The van der Waals surface area contributed by atoms with Crippen molar-refractivity contribution < 1.29 is 4.74 Å². The first-order chi connectivity index (χ1) is 31.5. The number of rotatable bonds is 6. The fourth-order valence-electron chi connectivity index (χ4n) is 10.0. The van der Waals surface area contributed by atoms with Gasteiger partial charge in [-0.3, -0.25) is 4.98 Å².